The lowest BCUT2D eigenvalue weighted by molar-refractivity contribution is -0.274. The molecule has 0 saturated carbocycles. The largest absolute Gasteiger partial charge is 0.573 e. The third-order valence-electron chi connectivity index (χ3n) is 3.82. The molecule has 0 radical (unpaired) electrons. The fourth-order valence-corrected chi connectivity index (χ4v) is 3.51. The molecule has 2 heterocycles. The van der Waals surface area contributed by atoms with Crippen LogP contribution in [0.25, 0.3) is 21.3 Å². The van der Waals surface area contributed by atoms with Crippen molar-refractivity contribution < 1.29 is 17.9 Å². The predicted octanol–water partition coefficient (Wildman–Crippen LogP) is 4.70. The number of alkyl halides is 3. The van der Waals surface area contributed by atoms with Crippen molar-refractivity contribution in [2.45, 2.75) is 6.36 Å². The summed E-state index contributed by atoms with van der Waals surface area (Å²) < 4.78 is 43.3. The first-order chi connectivity index (χ1) is 12.8. The maximum Gasteiger partial charge on any atom is 0.573 e. The Labute approximate surface area is 154 Å². The number of anilines is 2. The van der Waals surface area contributed by atoms with Gasteiger partial charge in [0.15, 0.2) is 5.13 Å². The predicted molar refractivity (Wildman–Crippen MR) is 95.0 cm³/mol. The number of fused-ring (bicyclic) bond motifs is 2. The quantitative estimate of drug-likeness (QED) is 0.550. The zero-order valence-electron chi connectivity index (χ0n) is 13.7. The molecule has 0 fully saturated rings. The third kappa shape index (κ3) is 3.37. The Morgan fingerprint density at radius 3 is 2.67 bits per heavy atom. The Bertz CT molecular complexity index is 1210. The minimum absolute atomic E-state index is 0.294. The zero-order valence-corrected chi connectivity index (χ0v) is 14.5. The van der Waals surface area contributed by atoms with Crippen LogP contribution in [0.4, 0.5) is 24.3 Å². The normalized spacial score (nSPS) is 11.7. The number of imidazole rings is 1. The Morgan fingerprint density at radius 1 is 1.15 bits per heavy atom. The molecule has 0 spiro atoms. The second-order valence-corrected chi connectivity index (χ2v) is 6.66. The van der Waals surface area contributed by atoms with E-state index in [1.54, 1.807) is 29.8 Å². The lowest BCUT2D eigenvalue weighted by atomic mass is 10.2. The number of nitrogens with one attached hydrogen (secondary N) is 1. The monoisotopic (exact) mass is 389 g/mol. The van der Waals surface area contributed by atoms with Gasteiger partial charge < -0.3 is 14.6 Å². The molecule has 136 valence electrons. The van der Waals surface area contributed by atoms with Crippen LogP contribution in [-0.2, 0) is 7.05 Å². The van der Waals surface area contributed by atoms with Gasteiger partial charge in [0.25, 0.3) is 0 Å². The van der Waals surface area contributed by atoms with E-state index in [1.165, 1.54) is 29.5 Å². The molecule has 2 aromatic heterocycles. The number of hydrogen-bond acceptors (Lipinski definition) is 6. The SMILES string of the molecule is Cn1c(Nc2nc3ccc(OC(F)(F)F)cc3s2)nc2ccc(C#N)cc21. The van der Waals surface area contributed by atoms with Gasteiger partial charge in [-0.25, -0.2) is 9.97 Å². The van der Waals surface area contributed by atoms with E-state index in [1.807, 2.05) is 0 Å². The summed E-state index contributed by atoms with van der Waals surface area (Å²) in [5.41, 5.74) is 2.55. The average molecular weight is 389 g/mol. The van der Waals surface area contributed by atoms with E-state index in [0.29, 0.717) is 32.4 Å². The summed E-state index contributed by atoms with van der Waals surface area (Å²) in [7, 11) is 1.79. The number of halogens is 3. The highest BCUT2D eigenvalue weighted by molar-refractivity contribution is 7.22. The molecule has 27 heavy (non-hydrogen) atoms. The Morgan fingerprint density at radius 2 is 1.93 bits per heavy atom. The van der Waals surface area contributed by atoms with Crippen LogP contribution in [0.5, 0.6) is 5.75 Å². The average Bonchev–Trinajstić information content (AvgIpc) is 3.14. The van der Waals surface area contributed by atoms with Gasteiger partial charge in [-0.05, 0) is 30.3 Å². The summed E-state index contributed by atoms with van der Waals surface area (Å²) in [6.07, 6.45) is -4.74. The number of benzene rings is 2. The smallest absolute Gasteiger partial charge is 0.406 e. The van der Waals surface area contributed by atoms with E-state index in [-0.39, 0.29) is 5.75 Å². The molecule has 0 amide bonds. The van der Waals surface area contributed by atoms with Gasteiger partial charge in [-0.3, -0.25) is 0 Å². The number of aromatic nitrogens is 3. The van der Waals surface area contributed by atoms with Crippen LogP contribution in [0, 0.1) is 11.3 Å². The summed E-state index contributed by atoms with van der Waals surface area (Å²) >= 11 is 1.18. The zero-order chi connectivity index (χ0) is 19.2. The molecule has 0 aliphatic carbocycles. The number of nitrogens with zero attached hydrogens (tertiary/aromatic N) is 4. The van der Waals surface area contributed by atoms with Crippen LogP contribution in [0.3, 0.4) is 0 Å². The first kappa shape index (κ1) is 17.1. The lowest BCUT2D eigenvalue weighted by Crippen LogP contribution is -2.16. The third-order valence-corrected chi connectivity index (χ3v) is 4.76. The molecule has 0 bridgehead atoms. The standard InChI is InChI=1S/C17H10F3N5OS/c1-25-13-6-9(8-21)2-4-11(13)22-15(25)24-16-23-12-5-3-10(7-14(12)27-16)26-17(18,19)20/h2-7H,1H3,(H,22,23,24). The van der Waals surface area contributed by atoms with Crippen molar-refractivity contribution in [3.8, 4) is 11.8 Å². The van der Waals surface area contributed by atoms with Crippen molar-refractivity contribution in [3.05, 3.63) is 42.0 Å². The molecule has 0 atom stereocenters. The molecule has 4 rings (SSSR count). The van der Waals surface area contributed by atoms with Crippen molar-refractivity contribution in [2.24, 2.45) is 7.05 Å². The number of aryl methyl sites for hydroxylation is 1. The van der Waals surface area contributed by atoms with Crippen LogP contribution in [0.1, 0.15) is 5.56 Å². The Hall–Kier alpha value is -3.32. The molecule has 10 heteroatoms. The maximum atomic E-state index is 12.4. The topological polar surface area (TPSA) is 75.8 Å². The highest BCUT2D eigenvalue weighted by Gasteiger charge is 2.31. The molecular formula is C17H10F3N5OS. The fourth-order valence-electron chi connectivity index (χ4n) is 2.62. The van der Waals surface area contributed by atoms with Gasteiger partial charge in [-0.1, -0.05) is 11.3 Å². The summed E-state index contributed by atoms with van der Waals surface area (Å²) in [6, 6.07) is 11.2. The van der Waals surface area contributed by atoms with E-state index in [4.69, 9.17) is 5.26 Å². The van der Waals surface area contributed by atoms with Gasteiger partial charge in [-0.15, -0.1) is 13.2 Å². The number of rotatable bonds is 3. The van der Waals surface area contributed by atoms with Gasteiger partial charge >= 0.3 is 6.36 Å². The number of hydrogen-bond donors (Lipinski definition) is 1. The summed E-state index contributed by atoms with van der Waals surface area (Å²) in [6.45, 7) is 0. The molecule has 0 aliphatic rings. The van der Waals surface area contributed by atoms with Crippen molar-refractivity contribution in [3.63, 3.8) is 0 Å². The maximum absolute atomic E-state index is 12.4. The van der Waals surface area contributed by atoms with Crippen LogP contribution in [-0.4, -0.2) is 20.9 Å². The van der Waals surface area contributed by atoms with E-state index in [2.05, 4.69) is 26.1 Å². The second-order valence-electron chi connectivity index (χ2n) is 5.63. The highest BCUT2D eigenvalue weighted by Crippen LogP contribution is 2.33. The van der Waals surface area contributed by atoms with Gasteiger partial charge in [-0.2, -0.15) is 5.26 Å². The molecule has 1 N–H and O–H groups in total. The van der Waals surface area contributed by atoms with Crippen LogP contribution >= 0.6 is 11.3 Å². The number of nitriles is 1. The first-order valence-electron chi connectivity index (χ1n) is 7.62. The van der Waals surface area contributed by atoms with E-state index in [9.17, 15) is 13.2 Å². The van der Waals surface area contributed by atoms with Gasteiger partial charge in [0, 0.05) is 13.1 Å². The highest BCUT2D eigenvalue weighted by atomic mass is 32.1. The Kier molecular flexibility index (Phi) is 3.89. The van der Waals surface area contributed by atoms with Crippen LogP contribution < -0.4 is 10.1 Å². The summed E-state index contributed by atoms with van der Waals surface area (Å²) in [4.78, 5) is 8.81. The first-order valence-corrected chi connectivity index (χ1v) is 8.44. The molecule has 0 aliphatic heterocycles. The lowest BCUT2D eigenvalue weighted by Gasteiger charge is -2.07. The molecular weight excluding hydrogens is 379 g/mol. The summed E-state index contributed by atoms with van der Waals surface area (Å²) in [5.74, 6) is 0.211. The van der Waals surface area contributed by atoms with Gasteiger partial charge in [0.05, 0.1) is 32.9 Å². The Balaban J connectivity index is 1.66. The van der Waals surface area contributed by atoms with E-state index >= 15 is 0 Å². The molecule has 6 nitrogen and oxygen atoms in total. The van der Waals surface area contributed by atoms with Crippen LogP contribution in [0.2, 0.25) is 0 Å². The van der Waals surface area contributed by atoms with Crippen molar-refractivity contribution >= 4 is 43.7 Å². The van der Waals surface area contributed by atoms with Gasteiger partial charge in [0.1, 0.15) is 5.75 Å². The van der Waals surface area contributed by atoms with E-state index < -0.39 is 6.36 Å². The fraction of sp³-hybridized carbons (Fsp3) is 0.118. The van der Waals surface area contributed by atoms with Crippen molar-refractivity contribution in [1.82, 2.24) is 14.5 Å². The molecule has 2 aromatic carbocycles. The van der Waals surface area contributed by atoms with E-state index in [0.717, 1.165) is 5.52 Å². The van der Waals surface area contributed by atoms with Crippen LogP contribution in [0.15, 0.2) is 36.4 Å². The van der Waals surface area contributed by atoms with Crippen molar-refractivity contribution in [1.29, 1.82) is 5.26 Å². The number of ether oxygens (including phenoxy) is 1. The second kappa shape index (κ2) is 6.14. The minimum atomic E-state index is -4.74. The number of thiazole rings is 1. The molecule has 4 aromatic rings. The van der Waals surface area contributed by atoms with Gasteiger partial charge in [0.2, 0.25) is 5.95 Å². The molecule has 0 unspecified atom stereocenters. The minimum Gasteiger partial charge on any atom is -0.406 e. The molecule has 0 saturated heterocycles. The van der Waals surface area contributed by atoms with Crippen molar-refractivity contribution in [2.75, 3.05) is 5.32 Å². The summed E-state index contributed by atoms with van der Waals surface area (Å²) in [5, 5.41) is 12.6.